The van der Waals surface area contributed by atoms with Crippen molar-refractivity contribution in [3.63, 3.8) is 0 Å². The molecule has 3 unspecified atom stereocenters. The van der Waals surface area contributed by atoms with Crippen LogP contribution >= 0.6 is 0 Å². The molecule has 3 aromatic rings. The average molecular weight is 529 g/mol. The highest BCUT2D eigenvalue weighted by Crippen LogP contribution is 2.41. The number of rotatable bonds is 4. The lowest BCUT2D eigenvalue weighted by Crippen LogP contribution is -2.39. The second-order valence-electron chi connectivity index (χ2n) is 11.9. The molecule has 1 amide bonds. The minimum absolute atomic E-state index is 0.00714. The number of hydrogen-bond acceptors (Lipinski definition) is 7. The number of carbonyl (C=O) groups is 1. The predicted molar refractivity (Wildman–Crippen MR) is 150 cm³/mol. The first-order valence-corrected chi connectivity index (χ1v) is 13.8. The van der Waals surface area contributed by atoms with Gasteiger partial charge in [0, 0.05) is 36.4 Å². The van der Waals surface area contributed by atoms with Gasteiger partial charge in [-0.25, -0.2) is 9.78 Å². The second kappa shape index (κ2) is 10.3. The van der Waals surface area contributed by atoms with Gasteiger partial charge in [-0.2, -0.15) is 10.2 Å². The lowest BCUT2D eigenvalue weighted by molar-refractivity contribution is 0.0224. The molecule has 1 fully saturated rings. The molecule has 1 saturated carbocycles. The number of nitrogens with zero attached hydrogens (tertiary/aromatic N) is 5. The molecule has 3 atom stereocenters. The van der Waals surface area contributed by atoms with Crippen LogP contribution in [0.3, 0.4) is 0 Å². The van der Waals surface area contributed by atoms with E-state index >= 15 is 0 Å². The molecular weight excluding hydrogens is 492 g/mol. The summed E-state index contributed by atoms with van der Waals surface area (Å²) < 4.78 is 7.28. The van der Waals surface area contributed by atoms with E-state index in [1.165, 1.54) is 0 Å². The SMILES string of the molecule is CCC1CC(C)CC1n1c(=O)c(C#N)cc2cnc(Nc3ccc4c(c3)CCN(C(=O)OC(C)(C)C)C4)nc21. The van der Waals surface area contributed by atoms with Gasteiger partial charge >= 0.3 is 6.09 Å². The Hall–Kier alpha value is -3.93. The first-order valence-electron chi connectivity index (χ1n) is 13.8. The van der Waals surface area contributed by atoms with Crippen LogP contribution in [0.5, 0.6) is 0 Å². The zero-order valence-corrected chi connectivity index (χ0v) is 23.3. The molecule has 0 spiro atoms. The van der Waals surface area contributed by atoms with Crippen molar-refractivity contribution in [1.82, 2.24) is 19.4 Å². The molecule has 1 aliphatic carbocycles. The van der Waals surface area contributed by atoms with E-state index in [0.717, 1.165) is 42.5 Å². The Bertz CT molecular complexity index is 1520. The average Bonchev–Trinajstić information content (AvgIpc) is 3.27. The molecule has 9 nitrogen and oxygen atoms in total. The van der Waals surface area contributed by atoms with Crippen molar-refractivity contribution in [2.45, 2.75) is 78.5 Å². The van der Waals surface area contributed by atoms with E-state index in [0.29, 0.717) is 41.9 Å². The normalized spacial score (nSPS) is 20.9. The molecule has 39 heavy (non-hydrogen) atoms. The summed E-state index contributed by atoms with van der Waals surface area (Å²) in [6, 6.07) is 9.68. The van der Waals surface area contributed by atoms with Crippen molar-refractivity contribution >= 4 is 28.8 Å². The molecule has 0 saturated heterocycles. The summed E-state index contributed by atoms with van der Waals surface area (Å²) in [6.07, 6.45) is 5.02. The van der Waals surface area contributed by atoms with Crippen molar-refractivity contribution in [2.24, 2.45) is 11.8 Å². The number of pyridine rings is 1. The van der Waals surface area contributed by atoms with Crippen LogP contribution in [-0.2, 0) is 17.7 Å². The summed E-state index contributed by atoms with van der Waals surface area (Å²) in [5, 5.41) is 13.6. The van der Waals surface area contributed by atoms with Crippen LogP contribution < -0.4 is 10.9 Å². The number of benzene rings is 1. The van der Waals surface area contributed by atoms with Crippen LogP contribution in [-0.4, -0.2) is 37.7 Å². The Morgan fingerprint density at radius 1 is 1.23 bits per heavy atom. The molecule has 5 rings (SSSR count). The monoisotopic (exact) mass is 528 g/mol. The highest BCUT2D eigenvalue weighted by molar-refractivity contribution is 5.77. The Morgan fingerprint density at radius 2 is 2.03 bits per heavy atom. The first kappa shape index (κ1) is 26.7. The number of ether oxygens (including phenoxy) is 1. The predicted octanol–water partition coefficient (Wildman–Crippen LogP) is 5.70. The Labute approximate surface area is 228 Å². The number of hydrogen-bond donors (Lipinski definition) is 1. The molecule has 9 heteroatoms. The van der Waals surface area contributed by atoms with Gasteiger partial charge in [-0.3, -0.25) is 9.36 Å². The van der Waals surface area contributed by atoms with E-state index in [-0.39, 0.29) is 23.3 Å². The fourth-order valence-electron chi connectivity index (χ4n) is 5.94. The fourth-order valence-corrected chi connectivity index (χ4v) is 5.94. The largest absolute Gasteiger partial charge is 0.444 e. The highest BCUT2D eigenvalue weighted by atomic mass is 16.6. The number of carbonyl (C=O) groups excluding carboxylic acids is 1. The second-order valence-corrected chi connectivity index (χ2v) is 11.9. The number of amides is 1. The summed E-state index contributed by atoms with van der Waals surface area (Å²) in [5.74, 6) is 1.27. The van der Waals surface area contributed by atoms with Gasteiger partial charge in [-0.1, -0.05) is 26.3 Å². The third-order valence-corrected chi connectivity index (χ3v) is 7.77. The summed E-state index contributed by atoms with van der Waals surface area (Å²) >= 11 is 0. The molecule has 204 valence electrons. The molecule has 2 aliphatic rings. The minimum Gasteiger partial charge on any atom is -0.444 e. The van der Waals surface area contributed by atoms with Crippen LogP contribution in [0.2, 0.25) is 0 Å². The third-order valence-electron chi connectivity index (χ3n) is 7.77. The third kappa shape index (κ3) is 5.47. The smallest absolute Gasteiger partial charge is 0.410 e. The summed E-state index contributed by atoms with van der Waals surface area (Å²) in [4.78, 5) is 36.9. The number of aromatic nitrogens is 3. The quantitative estimate of drug-likeness (QED) is 0.462. The number of nitriles is 1. The lowest BCUT2D eigenvalue weighted by Gasteiger charge is -2.31. The van der Waals surface area contributed by atoms with Crippen LogP contribution in [0.25, 0.3) is 11.0 Å². The van der Waals surface area contributed by atoms with Crippen LogP contribution in [0, 0.1) is 23.2 Å². The molecular formula is C30H36N6O3. The Morgan fingerprint density at radius 3 is 2.74 bits per heavy atom. The Balaban J connectivity index is 1.43. The van der Waals surface area contributed by atoms with E-state index in [4.69, 9.17) is 9.72 Å². The summed E-state index contributed by atoms with van der Waals surface area (Å²) in [7, 11) is 0. The van der Waals surface area contributed by atoms with Crippen molar-refractivity contribution in [3.05, 3.63) is 57.5 Å². The zero-order chi connectivity index (χ0) is 27.9. The van der Waals surface area contributed by atoms with Gasteiger partial charge in [0.15, 0.2) is 0 Å². The zero-order valence-electron chi connectivity index (χ0n) is 23.3. The fraction of sp³-hybridized carbons (Fsp3) is 0.500. The van der Waals surface area contributed by atoms with Crippen LogP contribution in [0.4, 0.5) is 16.4 Å². The topological polar surface area (TPSA) is 113 Å². The van der Waals surface area contributed by atoms with Gasteiger partial charge in [0.2, 0.25) is 5.95 Å². The highest BCUT2D eigenvalue weighted by Gasteiger charge is 2.34. The number of nitrogens with one attached hydrogen (secondary N) is 1. The van der Waals surface area contributed by atoms with Gasteiger partial charge in [-0.15, -0.1) is 0 Å². The van der Waals surface area contributed by atoms with Crippen molar-refractivity contribution in [3.8, 4) is 6.07 Å². The van der Waals surface area contributed by atoms with Crippen molar-refractivity contribution in [1.29, 1.82) is 5.26 Å². The van der Waals surface area contributed by atoms with Gasteiger partial charge in [0.05, 0.1) is 0 Å². The van der Waals surface area contributed by atoms with Gasteiger partial charge in [0.1, 0.15) is 22.9 Å². The molecule has 0 bridgehead atoms. The summed E-state index contributed by atoms with van der Waals surface area (Å²) in [5.41, 5.74) is 2.94. The first-order chi connectivity index (χ1) is 18.6. The van der Waals surface area contributed by atoms with Gasteiger partial charge < -0.3 is 15.0 Å². The maximum atomic E-state index is 13.4. The minimum atomic E-state index is -0.528. The molecule has 1 N–H and O–H groups in total. The molecule has 3 heterocycles. The van der Waals surface area contributed by atoms with E-state index in [1.54, 1.807) is 21.7 Å². The lowest BCUT2D eigenvalue weighted by atomic mass is 9.99. The van der Waals surface area contributed by atoms with E-state index in [2.05, 4.69) is 36.3 Å². The van der Waals surface area contributed by atoms with Gasteiger partial charge in [0.25, 0.3) is 5.56 Å². The van der Waals surface area contributed by atoms with E-state index in [9.17, 15) is 14.9 Å². The molecule has 1 aromatic carbocycles. The summed E-state index contributed by atoms with van der Waals surface area (Å²) in [6.45, 7) is 11.1. The molecule has 0 radical (unpaired) electrons. The standard InChI is InChI=1S/C30H36N6O3/c1-6-19-11-18(2)12-25(19)36-26-23(13-22(15-31)27(36)37)16-32-28(34-26)33-24-8-7-21-17-35(10-9-20(21)14-24)29(38)39-30(3,4)5/h7-8,13-14,16,18-19,25H,6,9-12,17H2,1-5H3,(H,32,33,34). The maximum Gasteiger partial charge on any atom is 0.410 e. The molecule has 1 aliphatic heterocycles. The van der Waals surface area contributed by atoms with Crippen molar-refractivity contribution in [2.75, 3.05) is 11.9 Å². The number of fused-ring (bicyclic) bond motifs is 2. The van der Waals surface area contributed by atoms with Crippen LogP contribution in [0.1, 0.15) is 76.6 Å². The van der Waals surface area contributed by atoms with Crippen LogP contribution in [0.15, 0.2) is 35.3 Å². The van der Waals surface area contributed by atoms with Gasteiger partial charge in [-0.05, 0) is 81.2 Å². The van der Waals surface area contributed by atoms with E-state index in [1.807, 2.05) is 32.9 Å². The molecule has 2 aromatic heterocycles. The van der Waals surface area contributed by atoms with Crippen molar-refractivity contribution < 1.29 is 9.53 Å². The Kier molecular flexibility index (Phi) is 7.06. The number of anilines is 2. The van der Waals surface area contributed by atoms with E-state index < -0.39 is 5.60 Å². The maximum absolute atomic E-state index is 13.4.